The third kappa shape index (κ3) is 5.65. The topological polar surface area (TPSA) is 97.1 Å². The summed E-state index contributed by atoms with van der Waals surface area (Å²) < 4.78 is 18.4. The first kappa shape index (κ1) is 19.6. The summed E-state index contributed by atoms with van der Waals surface area (Å²) in [5.74, 6) is -0.751. The maximum absolute atomic E-state index is 12.8. The van der Waals surface area contributed by atoms with Crippen molar-refractivity contribution in [1.29, 1.82) is 0 Å². The predicted octanol–water partition coefficient (Wildman–Crippen LogP) is 3.03. The van der Waals surface area contributed by atoms with Gasteiger partial charge in [-0.2, -0.15) is 0 Å². The number of carbonyl (C=O) groups excluding carboxylic acids is 2. The zero-order valence-electron chi connectivity index (χ0n) is 14.9. The van der Waals surface area contributed by atoms with Gasteiger partial charge in [0.1, 0.15) is 5.82 Å². The molecule has 0 unspecified atom stereocenters. The number of rotatable bonds is 7. The van der Waals surface area contributed by atoms with E-state index in [0.717, 1.165) is 22.9 Å². The Hall–Kier alpha value is -3.20. The van der Waals surface area contributed by atoms with E-state index in [1.54, 1.807) is 0 Å². The van der Waals surface area contributed by atoms with Crippen molar-refractivity contribution in [3.8, 4) is 11.5 Å². The van der Waals surface area contributed by atoms with Gasteiger partial charge in [-0.3, -0.25) is 9.59 Å². The Bertz CT molecular complexity index is 975. The van der Waals surface area contributed by atoms with E-state index in [1.165, 1.54) is 24.3 Å². The molecule has 0 saturated carbocycles. The molecule has 0 atom stereocenters. The van der Waals surface area contributed by atoms with Gasteiger partial charge in [0.15, 0.2) is 0 Å². The molecule has 2 amide bonds. The fourth-order valence-corrected chi connectivity index (χ4v) is 2.85. The highest BCUT2D eigenvalue weighted by atomic mass is 32.2. The molecular formula is C19H17FN4O3S. The summed E-state index contributed by atoms with van der Waals surface area (Å²) in [4.78, 5) is 23.7. The Morgan fingerprint density at radius 2 is 1.89 bits per heavy atom. The lowest BCUT2D eigenvalue weighted by Gasteiger charge is -2.06. The predicted molar refractivity (Wildman–Crippen MR) is 103 cm³/mol. The number of nitrogens with one attached hydrogen (secondary N) is 2. The highest BCUT2D eigenvalue weighted by molar-refractivity contribution is 7.99. The number of hydrogen-bond donors (Lipinski definition) is 2. The molecule has 0 fully saturated rings. The number of benzene rings is 2. The lowest BCUT2D eigenvalue weighted by atomic mass is 10.1. The lowest BCUT2D eigenvalue weighted by molar-refractivity contribution is -0.122. The molecule has 0 spiro atoms. The molecule has 144 valence electrons. The average molecular weight is 400 g/mol. The quantitative estimate of drug-likeness (QED) is 0.592. The van der Waals surface area contributed by atoms with E-state index in [0.29, 0.717) is 11.6 Å². The van der Waals surface area contributed by atoms with Crippen LogP contribution in [0.3, 0.4) is 0 Å². The number of halogens is 1. The van der Waals surface area contributed by atoms with Crippen molar-refractivity contribution >= 4 is 29.3 Å². The van der Waals surface area contributed by atoms with Gasteiger partial charge in [-0.1, -0.05) is 29.5 Å². The molecule has 2 N–H and O–H groups in total. The molecule has 28 heavy (non-hydrogen) atoms. The van der Waals surface area contributed by atoms with Crippen LogP contribution in [0.1, 0.15) is 5.56 Å². The van der Waals surface area contributed by atoms with Crippen LogP contribution in [0.25, 0.3) is 11.5 Å². The van der Waals surface area contributed by atoms with Crippen molar-refractivity contribution in [1.82, 2.24) is 15.5 Å². The molecule has 0 aliphatic rings. The SMILES string of the molecule is Cc1cccc(-c2nnc(SCC(=O)NCC(=O)Nc3ccc(F)cc3)o2)c1. The minimum Gasteiger partial charge on any atom is -0.411 e. The highest BCUT2D eigenvalue weighted by Crippen LogP contribution is 2.23. The number of aromatic nitrogens is 2. The molecule has 7 nitrogen and oxygen atoms in total. The molecule has 1 heterocycles. The summed E-state index contributed by atoms with van der Waals surface area (Å²) in [7, 11) is 0. The lowest BCUT2D eigenvalue weighted by Crippen LogP contribution is -2.33. The summed E-state index contributed by atoms with van der Waals surface area (Å²) >= 11 is 1.08. The molecule has 2 aromatic carbocycles. The number of amides is 2. The van der Waals surface area contributed by atoms with Crippen molar-refractivity contribution in [2.24, 2.45) is 0 Å². The van der Waals surface area contributed by atoms with E-state index >= 15 is 0 Å². The first-order valence-electron chi connectivity index (χ1n) is 8.35. The Morgan fingerprint density at radius 1 is 1.11 bits per heavy atom. The Labute approximate surface area is 164 Å². The van der Waals surface area contributed by atoms with Crippen LogP contribution in [0, 0.1) is 12.7 Å². The van der Waals surface area contributed by atoms with Crippen LogP contribution < -0.4 is 10.6 Å². The summed E-state index contributed by atoms with van der Waals surface area (Å²) in [5.41, 5.74) is 2.33. The largest absolute Gasteiger partial charge is 0.411 e. The van der Waals surface area contributed by atoms with Crippen molar-refractivity contribution in [2.75, 3.05) is 17.6 Å². The van der Waals surface area contributed by atoms with E-state index in [2.05, 4.69) is 20.8 Å². The zero-order chi connectivity index (χ0) is 19.9. The number of thioether (sulfide) groups is 1. The van der Waals surface area contributed by atoms with Crippen LogP contribution in [0.15, 0.2) is 58.2 Å². The van der Waals surface area contributed by atoms with Gasteiger partial charge in [0.25, 0.3) is 5.22 Å². The van der Waals surface area contributed by atoms with E-state index in [1.807, 2.05) is 31.2 Å². The molecule has 0 saturated heterocycles. The van der Waals surface area contributed by atoms with E-state index in [9.17, 15) is 14.0 Å². The number of aryl methyl sites for hydroxylation is 1. The van der Waals surface area contributed by atoms with Gasteiger partial charge < -0.3 is 15.1 Å². The number of hydrogen-bond acceptors (Lipinski definition) is 6. The summed E-state index contributed by atoms with van der Waals surface area (Å²) in [6.45, 7) is 1.77. The van der Waals surface area contributed by atoms with Crippen molar-refractivity contribution < 1.29 is 18.4 Å². The molecule has 9 heteroatoms. The van der Waals surface area contributed by atoms with Gasteiger partial charge in [-0.15, -0.1) is 10.2 Å². The van der Waals surface area contributed by atoms with Crippen LogP contribution >= 0.6 is 11.8 Å². The first-order valence-corrected chi connectivity index (χ1v) is 9.33. The Morgan fingerprint density at radius 3 is 2.64 bits per heavy atom. The van der Waals surface area contributed by atoms with Gasteiger partial charge in [-0.05, 0) is 43.3 Å². The maximum atomic E-state index is 12.8. The molecule has 0 bridgehead atoms. The van der Waals surface area contributed by atoms with Crippen molar-refractivity contribution in [3.63, 3.8) is 0 Å². The standard InChI is InChI=1S/C19H17FN4O3S/c1-12-3-2-4-13(9-12)18-23-24-19(27-18)28-11-17(26)21-10-16(25)22-15-7-5-14(20)6-8-15/h2-9H,10-11H2,1H3,(H,21,26)(H,22,25). The van der Waals surface area contributed by atoms with Crippen molar-refractivity contribution in [3.05, 3.63) is 59.9 Å². The molecule has 3 aromatic rings. The van der Waals surface area contributed by atoms with Gasteiger partial charge >= 0.3 is 0 Å². The fraction of sp³-hybridized carbons (Fsp3) is 0.158. The normalized spacial score (nSPS) is 10.5. The second kappa shape index (κ2) is 9.14. The molecule has 0 radical (unpaired) electrons. The average Bonchev–Trinajstić information content (AvgIpc) is 3.16. The van der Waals surface area contributed by atoms with Crippen LogP contribution in [-0.4, -0.2) is 34.3 Å². The second-order valence-electron chi connectivity index (χ2n) is 5.86. The minimum absolute atomic E-state index is 0.0271. The minimum atomic E-state index is -0.413. The summed E-state index contributed by atoms with van der Waals surface area (Å²) in [6, 6.07) is 13.0. The van der Waals surface area contributed by atoms with Gasteiger partial charge in [0.2, 0.25) is 17.7 Å². The monoisotopic (exact) mass is 400 g/mol. The van der Waals surface area contributed by atoms with Crippen LogP contribution in [0.5, 0.6) is 0 Å². The highest BCUT2D eigenvalue weighted by Gasteiger charge is 2.12. The van der Waals surface area contributed by atoms with Gasteiger partial charge in [0.05, 0.1) is 12.3 Å². The molecule has 3 rings (SSSR count). The number of carbonyl (C=O) groups is 2. The molecule has 1 aromatic heterocycles. The van der Waals surface area contributed by atoms with E-state index in [-0.39, 0.29) is 23.4 Å². The van der Waals surface area contributed by atoms with Crippen molar-refractivity contribution in [2.45, 2.75) is 12.1 Å². The third-order valence-corrected chi connectivity index (χ3v) is 4.39. The molecule has 0 aliphatic heterocycles. The zero-order valence-corrected chi connectivity index (χ0v) is 15.8. The van der Waals surface area contributed by atoms with E-state index < -0.39 is 11.7 Å². The van der Waals surface area contributed by atoms with Gasteiger partial charge in [-0.25, -0.2) is 4.39 Å². The smallest absolute Gasteiger partial charge is 0.277 e. The number of anilines is 1. The summed E-state index contributed by atoms with van der Waals surface area (Å²) in [5, 5.41) is 13.2. The van der Waals surface area contributed by atoms with Crippen LogP contribution in [0.2, 0.25) is 0 Å². The summed E-state index contributed by atoms with van der Waals surface area (Å²) in [6.07, 6.45) is 0. The van der Waals surface area contributed by atoms with Crippen LogP contribution in [-0.2, 0) is 9.59 Å². The first-order chi connectivity index (χ1) is 13.5. The maximum Gasteiger partial charge on any atom is 0.277 e. The fourth-order valence-electron chi connectivity index (χ4n) is 2.26. The molecule has 0 aliphatic carbocycles. The third-order valence-electron chi connectivity index (χ3n) is 3.57. The second-order valence-corrected chi connectivity index (χ2v) is 6.79. The Kier molecular flexibility index (Phi) is 6.38. The van der Waals surface area contributed by atoms with E-state index in [4.69, 9.17) is 4.42 Å². The van der Waals surface area contributed by atoms with Crippen LogP contribution in [0.4, 0.5) is 10.1 Å². The number of nitrogens with zero attached hydrogens (tertiary/aromatic N) is 2. The Balaban J connectivity index is 1.43. The van der Waals surface area contributed by atoms with Gasteiger partial charge in [0, 0.05) is 11.3 Å². The molecular weight excluding hydrogens is 383 g/mol.